The molecule has 0 aliphatic carbocycles. The molecule has 1 aliphatic rings. The van der Waals surface area contributed by atoms with E-state index in [2.05, 4.69) is 10.3 Å². The molecule has 7 nitrogen and oxygen atoms in total. The lowest BCUT2D eigenvalue weighted by Gasteiger charge is -2.26. The summed E-state index contributed by atoms with van der Waals surface area (Å²) in [7, 11) is -4.07. The number of nitrogens with zero attached hydrogens (tertiary/aromatic N) is 2. The van der Waals surface area contributed by atoms with Gasteiger partial charge in [-0.15, -0.1) is 0 Å². The van der Waals surface area contributed by atoms with Gasteiger partial charge in [0.25, 0.3) is 5.91 Å². The third kappa shape index (κ3) is 3.95. The quantitative estimate of drug-likeness (QED) is 0.660. The molecule has 0 bridgehead atoms. The summed E-state index contributed by atoms with van der Waals surface area (Å²) >= 11 is 1.33. The van der Waals surface area contributed by atoms with Crippen LogP contribution in [-0.4, -0.2) is 49.9 Å². The van der Waals surface area contributed by atoms with E-state index in [-0.39, 0.29) is 31.9 Å². The van der Waals surface area contributed by atoms with Gasteiger partial charge in [-0.25, -0.2) is 17.8 Å². The molecule has 158 valence electrons. The zero-order valence-electron chi connectivity index (χ0n) is 16.4. The lowest BCUT2D eigenvalue weighted by atomic mass is 10.1. The van der Waals surface area contributed by atoms with Gasteiger partial charge in [0.05, 0.1) is 23.4 Å². The lowest BCUT2D eigenvalue weighted by molar-refractivity contribution is 0.0729. The number of thiazole rings is 1. The monoisotopic (exact) mass is 449 g/mol. The minimum Gasteiger partial charge on any atom is -0.379 e. The number of sulfonamides is 1. The summed E-state index contributed by atoms with van der Waals surface area (Å²) in [6.45, 7) is 4.71. The molecule has 0 radical (unpaired) electrons. The molecule has 4 rings (SSSR count). The van der Waals surface area contributed by atoms with Gasteiger partial charge < -0.3 is 4.74 Å². The van der Waals surface area contributed by atoms with Crippen molar-refractivity contribution in [3.8, 4) is 0 Å². The molecule has 1 fully saturated rings. The van der Waals surface area contributed by atoms with Crippen molar-refractivity contribution in [1.29, 1.82) is 0 Å². The highest BCUT2D eigenvalue weighted by atomic mass is 32.2. The van der Waals surface area contributed by atoms with Gasteiger partial charge in [-0.05, 0) is 49.2 Å². The molecule has 1 saturated heterocycles. The van der Waals surface area contributed by atoms with Crippen LogP contribution in [0.2, 0.25) is 0 Å². The molecule has 1 amide bonds. The van der Waals surface area contributed by atoms with Crippen LogP contribution in [0.1, 0.15) is 21.5 Å². The van der Waals surface area contributed by atoms with Crippen molar-refractivity contribution in [2.45, 2.75) is 18.7 Å². The summed E-state index contributed by atoms with van der Waals surface area (Å²) in [5, 5.41) is 3.08. The fourth-order valence-electron chi connectivity index (χ4n) is 3.36. The number of hydrogen-bond acceptors (Lipinski definition) is 6. The maximum absolute atomic E-state index is 14.4. The molecule has 3 aromatic rings. The van der Waals surface area contributed by atoms with Crippen molar-refractivity contribution >= 4 is 42.6 Å². The van der Waals surface area contributed by atoms with E-state index in [0.717, 1.165) is 37.8 Å². The molecule has 1 N–H and O–H groups in total. The second-order valence-electron chi connectivity index (χ2n) is 7.06. The van der Waals surface area contributed by atoms with Crippen LogP contribution in [0.5, 0.6) is 0 Å². The Morgan fingerprint density at radius 1 is 1.20 bits per heavy atom. The van der Waals surface area contributed by atoms with Crippen molar-refractivity contribution in [2.75, 3.05) is 31.6 Å². The molecule has 2 aromatic carbocycles. The number of carbonyl (C=O) groups is 1. The Kier molecular flexibility index (Phi) is 5.58. The average molecular weight is 450 g/mol. The van der Waals surface area contributed by atoms with Crippen LogP contribution in [0.15, 0.2) is 35.2 Å². The summed E-state index contributed by atoms with van der Waals surface area (Å²) in [5.41, 5.74) is 2.94. The molecule has 1 aromatic heterocycles. The lowest BCUT2D eigenvalue weighted by Crippen LogP contribution is -2.41. The Balaban J connectivity index is 1.62. The Bertz CT molecular complexity index is 1230. The zero-order valence-corrected chi connectivity index (χ0v) is 18.1. The van der Waals surface area contributed by atoms with E-state index in [9.17, 15) is 17.6 Å². The van der Waals surface area contributed by atoms with Crippen LogP contribution in [0.3, 0.4) is 0 Å². The van der Waals surface area contributed by atoms with Gasteiger partial charge in [0.2, 0.25) is 10.0 Å². The van der Waals surface area contributed by atoms with E-state index in [1.807, 2.05) is 26.0 Å². The van der Waals surface area contributed by atoms with Gasteiger partial charge in [-0.3, -0.25) is 10.1 Å². The largest absolute Gasteiger partial charge is 0.379 e. The molecule has 0 unspecified atom stereocenters. The average Bonchev–Trinajstić information content (AvgIpc) is 3.11. The van der Waals surface area contributed by atoms with E-state index in [1.54, 1.807) is 0 Å². The van der Waals surface area contributed by atoms with Crippen LogP contribution in [-0.2, 0) is 14.8 Å². The van der Waals surface area contributed by atoms with Gasteiger partial charge in [0.1, 0.15) is 10.7 Å². The fraction of sp³-hybridized carbons (Fsp3) is 0.300. The van der Waals surface area contributed by atoms with Gasteiger partial charge in [0.15, 0.2) is 5.13 Å². The summed E-state index contributed by atoms with van der Waals surface area (Å²) in [5.74, 6) is -1.45. The second-order valence-corrected chi connectivity index (χ2v) is 10.0. The van der Waals surface area contributed by atoms with Crippen molar-refractivity contribution in [2.24, 2.45) is 0 Å². The molecule has 30 heavy (non-hydrogen) atoms. The third-order valence-electron chi connectivity index (χ3n) is 4.83. The Hall–Kier alpha value is -2.40. The normalized spacial score (nSPS) is 15.4. The third-order valence-corrected chi connectivity index (χ3v) is 7.66. The number of aromatic nitrogens is 1. The fourth-order valence-corrected chi connectivity index (χ4v) is 5.90. The minimum atomic E-state index is -4.07. The van der Waals surface area contributed by atoms with Crippen LogP contribution in [0.4, 0.5) is 9.52 Å². The Labute approximate surface area is 177 Å². The van der Waals surface area contributed by atoms with Crippen LogP contribution in [0.25, 0.3) is 10.2 Å². The van der Waals surface area contributed by atoms with Gasteiger partial charge in [-0.1, -0.05) is 17.4 Å². The minimum absolute atomic E-state index is 0.0374. The highest BCUT2D eigenvalue weighted by molar-refractivity contribution is 7.89. The predicted octanol–water partition coefficient (Wildman–Crippen LogP) is 3.33. The highest BCUT2D eigenvalue weighted by Gasteiger charge is 2.30. The summed E-state index contributed by atoms with van der Waals surface area (Å²) in [6, 6.07) is 7.31. The SMILES string of the molecule is Cc1cc(C)c2nc(NC(=O)c3ccc(F)c(S(=O)(=O)N4CCOCC4)c3)sc2c1. The van der Waals surface area contributed by atoms with Gasteiger partial charge in [0, 0.05) is 18.7 Å². The van der Waals surface area contributed by atoms with Crippen molar-refractivity contribution < 1.29 is 22.3 Å². The van der Waals surface area contributed by atoms with Gasteiger partial charge >= 0.3 is 0 Å². The van der Waals surface area contributed by atoms with Crippen LogP contribution in [0, 0.1) is 19.7 Å². The number of carbonyl (C=O) groups excluding carboxylic acids is 1. The molecule has 0 atom stereocenters. The van der Waals surface area contributed by atoms with E-state index in [4.69, 9.17) is 4.74 Å². The Morgan fingerprint density at radius 3 is 2.67 bits per heavy atom. The number of nitrogens with one attached hydrogen (secondary N) is 1. The van der Waals surface area contributed by atoms with E-state index < -0.39 is 26.6 Å². The maximum Gasteiger partial charge on any atom is 0.257 e. The van der Waals surface area contributed by atoms with Crippen molar-refractivity contribution in [3.05, 3.63) is 52.8 Å². The first-order valence-electron chi connectivity index (χ1n) is 9.32. The molecular weight excluding hydrogens is 429 g/mol. The van der Waals surface area contributed by atoms with Crippen LogP contribution < -0.4 is 5.32 Å². The molecule has 10 heteroatoms. The van der Waals surface area contributed by atoms with Crippen LogP contribution >= 0.6 is 11.3 Å². The number of hydrogen-bond donors (Lipinski definition) is 1. The summed E-state index contributed by atoms with van der Waals surface area (Å²) in [6.07, 6.45) is 0. The van der Waals surface area contributed by atoms with Crippen molar-refractivity contribution in [3.63, 3.8) is 0 Å². The predicted molar refractivity (Wildman–Crippen MR) is 113 cm³/mol. The van der Waals surface area contributed by atoms with E-state index in [1.165, 1.54) is 17.4 Å². The number of fused-ring (bicyclic) bond motifs is 1. The number of amides is 1. The van der Waals surface area contributed by atoms with E-state index >= 15 is 0 Å². The molecular formula is C20H20FN3O4S2. The number of morpholine rings is 1. The zero-order chi connectivity index (χ0) is 21.5. The first kappa shape index (κ1) is 20.9. The Morgan fingerprint density at radius 2 is 1.93 bits per heavy atom. The number of benzene rings is 2. The first-order valence-corrected chi connectivity index (χ1v) is 11.6. The molecule has 1 aliphatic heterocycles. The highest BCUT2D eigenvalue weighted by Crippen LogP contribution is 2.30. The second kappa shape index (κ2) is 8.03. The number of aryl methyl sites for hydroxylation is 2. The summed E-state index contributed by atoms with van der Waals surface area (Å²) in [4.78, 5) is 16.6. The maximum atomic E-state index is 14.4. The number of ether oxygens (including phenoxy) is 1. The number of halogens is 1. The topological polar surface area (TPSA) is 88.6 Å². The number of anilines is 1. The number of rotatable bonds is 4. The molecule has 2 heterocycles. The smallest absolute Gasteiger partial charge is 0.257 e. The standard InChI is InChI=1S/C20H20FN3O4S2/c1-12-9-13(2)18-16(10-12)29-20(22-18)23-19(25)14-3-4-15(21)17(11-14)30(26,27)24-5-7-28-8-6-24/h3-4,9-11H,5-8H2,1-2H3,(H,22,23,25). The summed E-state index contributed by atoms with van der Waals surface area (Å²) < 4.78 is 47.3. The van der Waals surface area contributed by atoms with E-state index in [0.29, 0.717) is 5.13 Å². The van der Waals surface area contributed by atoms with Crippen molar-refractivity contribution in [1.82, 2.24) is 9.29 Å². The first-order chi connectivity index (χ1) is 14.3. The van der Waals surface area contributed by atoms with Gasteiger partial charge in [-0.2, -0.15) is 4.31 Å². The molecule has 0 spiro atoms. The molecule has 0 saturated carbocycles.